The van der Waals surface area contributed by atoms with E-state index in [4.69, 9.17) is 0 Å². The molecule has 3 rings (SSSR count). The van der Waals surface area contributed by atoms with Crippen LogP contribution in [0.15, 0.2) is 24.5 Å². The Hall–Kier alpha value is -0.930. The van der Waals surface area contributed by atoms with Crippen molar-refractivity contribution in [3.05, 3.63) is 30.1 Å². The van der Waals surface area contributed by atoms with Crippen molar-refractivity contribution in [2.75, 3.05) is 20.1 Å². The average molecular weight is 246 g/mol. The molecule has 0 amide bonds. The molecule has 1 aromatic rings. The van der Waals surface area contributed by atoms with Crippen LogP contribution in [0.5, 0.6) is 0 Å². The average Bonchev–Trinajstić information content (AvgIpc) is 2.77. The van der Waals surface area contributed by atoms with Crippen molar-refractivity contribution in [1.82, 2.24) is 9.88 Å². The first-order valence-corrected chi connectivity index (χ1v) is 6.94. The van der Waals surface area contributed by atoms with E-state index < -0.39 is 5.60 Å². The van der Waals surface area contributed by atoms with Crippen molar-refractivity contribution in [2.24, 2.45) is 5.41 Å². The molecule has 18 heavy (non-hydrogen) atoms. The maximum atomic E-state index is 10.8. The smallest absolute Gasteiger partial charge is 0.0898 e. The van der Waals surface area contributed by atoms with Crippen LogP contribution in [0, 0.1) is 5.41 Å². The van der Waals surface area contributed by atoms with E-state index in [1.165, 1.54) is 19.5 Å². The zero-order chi connectivity index (χ0) is 12.6. The molecule has 98 valence electrons. The van der Waals surface area contributed by atoms with Gasteiger partial charge in [-0.1, -0.05) is 0 Å². The van der Waals surface area contributed by atoms with Crippen LogP contribution in [0.2, 0.25) is 0 Å². The molecule has 3 heteroatoms. The van der Waals surface area contributed by atoms with Crippen molar-refractivity contribution in [1.29, 1.82) is 0 Å². The van der Waals surface area contributed by atoms with Gasteiger partial charge in [0.25, 0.3) is 0 Å². The van der Waals surface area contributed by atoms with Crippen molar-refractivity contribution in [2.45, 2.75) is 37.7 Å². The molecule has 0 bridgehead atoms. The summed E-state index contributed by atoms with van der Waals surface area (Å²) in [4.78, 5) is 6.46. The summed E-state index contributed by atoms with van der Waals surface area (Å²) in [5.74, 6) is 0. The summed E-state index contributed by atoms with van der Waals surface area (Å²) in [7, 11) is 2.21. The molecule has 1 aliphatic heterocycles. The van der Waals surface area contributed by atoms with Gasteiger partial charge in [0.1, 0.15) is 0 Å². The lowest BCUT2D eigenvalue weighted by Crippen LogP contribution is -2.38. The highest BCUT2D eigenvalue weighted by Gasteiger charge is 2.45. The largest absolute Gasteiger partial charge is 0.385 e. The lowest BCUT2D eigenvalue weighted by Gasteiger charge is -2.42. The van der Waals surface area contributed by atoms with Gasteiger partial charge >= 0.3 is 0 Å². The van der Waals surface area contributed by atoms with E-state index in [0.717, 1.165) is 31.2 Å². The molecule has 1 N–H and O–H groups in total. The Labute approximate surface area is 109 Å². The van der Waals surface area contributed by atoms with Crippen LogP contribution < -0.4 is 0 Å². The fourth-order valence-corrected chi connectivity index (χ4v) is 3.71. The summed E-state index contributed by atoms with van der Waals surface area (Å²) in [6.45, 7) is 2.42. The molecule has 1 saturated carbocycles. The molecule has 0 radical (unpaired) electrons. The Bertz CT molecular complexity index is 410. The molecule has 2 fully saturated rings. The van der Waals surface area contributed by atoms with Crippen LogP contribution in [0.3, 0.4) is 0 Å². The van der Waals surface area contributed by atoms with Gasteiger partial charge in [-0.2, -0.15) is 0 Å². The number of nitrogens with zero attached hydrogens (tertiary/aromatic N) is 2. The number of hydrogen-bond acceptors (Lipinski definition) is 3. The highest BCUT2D eigenvalue weighted by atomic mass is 16.3. The summed E-state index contributed by atoms with van der Waals surface area (Å²) in [5, 5.41) is 10.8. The van der Waals surface area contributed by atoms with Crippen LogP contribution in [0.1, 0.15) is 37.7 Å². The van der Waals surface area contributed by atoms with E-state index in [2.05, 4.69) is 16.9 Å². The molecule has 3 nitrogen and oxygen atoms in total. The number of likely N-dealkylation sites (tertiary alicyclic amines) is 1. The summed E-state index contributed by atoms with van der Waals surface area (Å²) in [5.41, 5.74) is 0.905. The summed E-state index contributed by atoms with van der Waals surface area (Å²) in [6, 6.07) is 3.91. The highest BCUT2D eigenvalue weighted by Crippen LogP contribution is 2.49. The second-order valence-electron chi connectivity index (χ2n) is 6.26. The van der Waals surface area contributed by atoms with Gasteiger partial charge in [-0.3, -0.25) is 4.98 Å². The van der Waals surface area contributed by atoms with Gasteiger partial charge in [-0.25, -0.2) is 0 Å². The quantitative estimate of drug-likeness (QED) is 0.825. The molecular formula is C15H22N2O. The van der Waals surface area contributed by atoms with Crippen molar-refractivity contribution < 1.29 is 5.11 Å². The van der Waals surface area contributed by atoms with E-state index in [-0.39, 0.29) is 0 Å². The number of pyridine rings is 1. The molecule has 0 unspecified atom stereocenters. The molecule has 0 aromatic carbocycles. The molecule has 1 saturated heterocycles. The monoisotopic (exact) mass is 246 g/mol. The number of aliphatic hydroxyl groups is 1. The molecule has 1 spiro atoms. The first kappa shape index (κ1) is 12.1. The second-order valence-corrected chi connectivity index (χ2v) is 6.26. The lowest BCUT2D eigenvalue weighted by molar-refractivity contribution is -0.0362. The van der Waals surface area contributed by atoms with Gasteiger partial charge in [0.2, 0.25) is 0 Å². The van der Waals surface area contributed by atoms with Crippen LogP contribution >= 0.6 is 0 Å². The van der Waals surface area contributed by atoms with Gasteiger partial charge < -0.3 is 10.0 Å². The third kappa shape index (κ3) is 2.06. The Balaban J connectivity index is 1.73. The van der Waals surface area contributed by atoms with Crippen LogP contribution in [0.4, 0.5) is 0 Å². The van der Waals surface area contributed by atoms with Crippen molar-refractivity contribution in [3.8, 4) is 0 Å². The minimum atomic E-state index is -0.616. The summed E-state index contributed by atoms with van der Waals surface area (Å²) in [6.07, 6.45) is 8.94. The summed E-state index contributed by atoms with van der Waals surface area (Å²) >= 11 is 0. The van der Waals surface area contributed by atoms with Gasteiger partial charge in [0.15, 0.2) is 0 Å². The van der Waals surface area contributed by atoms with Crippen molar-refractivity contribution >= 4 is 0 Å². The first-order valence-electron chi connectivity index (χ1n) is 6.94. The molecule has 1 aromatic heterocycles. The van der Waals surface area contributed by atoms with Crippen LogP contribution in [-0.2, 0) is 5.60 Å². The number of aromatic nitrogens is 1. The third-order valence-electron chi connectivity index (χ3n) is 4.98. The maximum Gasteiger partial charge on any atom is 0.0898 e. The minimum Gasteiger partial charge on any atom is -0.385 e. The molecule has 1 aliphatic carbocycles. The van der Waals surface area contributed by atoms with Crippen LogP contribution in [-0.4, -0.2) is 35.1 Å². The van der Waals surface area contributed by atoms with Gasteiger partial charge in [-0.15, -0.1) is 0 Å². The van der Waals surface area contributed by atoms with Gasteiger partial charge in [0, 0.05) is 18.9 Å². The van der Waals surface area contributed by atoms with Crippen molar-refractivity contribution in [3.63, 3.8) is 0 Å². The SMILES string of the molecule is CN1CCC2(CCC(O)(c3ccncc3)CC2)C1. The Morgan fingerprint density at radius 2 is 1.78 bits per heavy atom. The Kier molecular flexibility index (Phi) is 2.91. The topological polar surface area (TPSA) is 36.4 Å². The Morgan fingerprint density at radius 1 is 1.11 bits per heavy atom. The predicted molar refractivity (Wildman–Crippen MR) is 71.1 cm³/mol. The highest BCUT2D eigenvalue weighted by molar-refractivity contribution is 5.20. The maximum absolute atomic E-state index is 10.8. The fraction of sp³-hybridized carbons (Fsp3) is 0.667. The normalized spacial score (nSPS) is 37.2. The number of rotatable bonds is 1. The standard InChI is InChI=1S/C15H22N2O/c1-17-11-8-14(12-17)4-6-15(18,7-5-14)13-2-9-16-10-3-13/h2-3,9-10,18H,4-8,11-12H2,1H3. The van der Waals surface area contributed by atoms with E-state index in [9.17, 15) is 5.11 Å². The predicted octanol–water partition coefficient (Wildman–Crippen LogP) is 2.17. The molecule has 2 aliphatic rings. The van der Waals surface area contributed by atoms with Gasteiger partial charge in [0.05, 0.1) is 5.60 Å². The van der Waals surface area contributed by atoms with Crippen LogP contribution in [0.25, 0.3) is 0 Å². The second kappa shape index (κ2) is 4.32. The van der Waals surface area contributed by atoms with E-state index >= 15 is 0 Å². The molecule has 2 heterocycles. The van der Waals surface area contributed by atoms with Gasteiger partial charge in [-0.05, 0) is 68.8 Å². The Morgan fingerprint density at radius 3 is 2.33 bits per heavy atom. The van der Waals surface area contributed by atoms with E-state index in [1.54, 1.807) is 12.4 Å². The fourth-order valence-electron chi connectivity index (χ4n) is 3.71. The number of hydrogen-bond donors (Lipinski definition) is 1. The summed E-state index contributed by atoms with van der Waals surface area (Å²) < 4.78 is 0. The lowest BCUT2D eigenvalue weighted by atomic mass is 9.66. The minimum absolute atomic E-state index is 0.480. The third-order valence-corrected chi connectivity index (χ3v) is 4.98. The molecular weight excluding hydrogens is 224 g/mol. The zero-order valence-electron chi connectivity index (χ0n) is 11.1. The van der Waals surface area contributed by atoms with E-state index in [1.807, 2.05) is 12.1 Å². The first-order chi connectivity index (χ1) is 8.62. The van der Waals surface area contributed by atoms with E-state index in [0.29, 0.717) is 5.41 Å². The molecule has 0 atom stereocenters. The zero-order valence-corrected chi connectivity index (χ0v) is 11.1.